The van der Waals surface area contributed by atoms with Gasteiger partial charge in [0.05, 0.1) is 16.6 Å². The molecule has 0 spiro atoms. The van der Waals surface area contributed by atoms with Crippen molar-refractivity contribution >= 4 is 16.9 Å². The fraction of sp³-hybridized carbons (Fsp3) is 0.619. The maximum absolute atomic E-state index is 12.9. The Morgan fingerprint density at radius 3 is 2.73 bits per heavy atom. The number of aryl methyl sites for hydroxylation is 1. The number of aromatic amines is 1. The van der Waals surface area contributed by atoms with Crippen LogP contribution in [0.15, 0.2) is 18.2 Å². The van der Waals surface area contributed by atoms with Crippen LogP contribution < -0.4 is 0 Å². The van der Waals surface area contributed by atoms with Crippen molar-refractivity contribution in [1.29, 1.82) is 0 Å². The fourth-order valence-electron chi connectivity index (χ4n) is 4.46. The predicted octanol–water partition coefficient (Wildman–Crippen LogP) is 3.78. The first-order chi connectivity index (χ1) is 12.4. The Labute approximate surface area is 155 Å². The number of ether oxygens (including phenoxy) is 1. The van der Waals surface area contributed by atoms with Gasteiger partial charge in [-0.15, -0.1) is 0 Å². The Morgan fingerprint density at radius 1 is 1.27 bits per heavy atom. The van der Waals surface area contributed by atoms with E-state index in [9.17, 15) is 4.79 Å². The summed E-state index contributed by atoms with van der Waals surface area (Å²) in [5.74, 6) is 1.93. The SMILES string of the molecule is Cc1cccc2[nH]c(C3CCN(C(=O)C4CCOC(C)(C)C4)CC3)nc12. The first-order valence-electron chi connectivity index (χ1n) is 9.81. The third-order valence-electron chi connectivity index (χ3n) is 5.97. The van der Waals surface area contributed by atoms with E-state index >= 15 is 0 Å². The second-order valence-electron chi connectivity index (χ2n) is 8.49. The molecule has 0 radical (unpaired) electrons. The van der Waals surface area contributed by atoms with Gasteiger partial charge in [-0.25, -0.2) is 4.98 Å². The molecule has 2 aliphatic rings. The summed E-state index contributed by atoms with van der Waals surface area (Å²) in [6, 6.07) is 6.25. The minimum absolute atomic E-state index is 0.115. The lowest BCUT2D eigenvalue weighted by Gasteiger charge is -2.39. The van der Waals surface area contributed by atoms with Crippen LogP contribution in [0.2, 0.25) is 0 Å². The van der Waals surface area contributed by atoms with E-state index in [0.717, 1.165) is 55.6 Å². The van der Waals surface area contributed by atoms with E-state index in [1.54, 1.807) is 0 Å². The summed E-state index contributed by atoms with van der Waals surface area (Å²) >= 11 is 0. The molecule has 2 saturated heterocycles. The molecule has 2 aromatic rings. The zero-order valence-corrected chi connectivity index (χ0v) is 16.0. The van der Waals surface area contributed by atoms with Crippen molar-refractivity contribution in [2.45, 2.75) is 58.0 Å². The monoisotopic (exact) mass is 355 g/mol. The van der Waals surface area contributed by atoms with Crippen molar-refractivity contribution in [2.24, 2.45) is 5.92 Å². The van der Waals surface area contributed by atoms with Gasteiger partial charge in [-0.3, -0.25) is 4.79 Å². The second-order valence-corrected chi connectivity index (χ2v) is 8.49. The zero-order valence-electron chi connectivity index (χ0n) is 16.0. The van der Waals surface area contributed by atoms with E-state index < -0.39 is 0 Å². The molecule has 4 rings (SSSR count). The number of hydrogen-bond donors (Lipinski definition) is 1. The molecule has 0 saturated carbocycles. The number of H-pyrrole nitrogens is 1. The van der Waals surface area contributed by atoms with E-state index in [1.807, 2.05) is 0 Å². The van der Waals surface area contributed by atoms with Crippen molar-refractivity contribution in [3.8, 4) is 0 Å². The van der Waals surface area contributed by atoms with Crippen molar-refractivity contribution in [3.05, 3.63) is 29.6 Å². The molecule has 140 valence electrons. The molecular weight excluding hydrogens is 326 g/mol. The number of imidazole rings is 1. The van der Waals surface area contributed by atoms with Crippen LogP contribution in [0.3, 0.4) is 0 Å². The summed E-state index contributed by atoms with van der Waals surface area (Å²) in [5.41, 5.74) is 3.22. The number of nitrogens with one attached hydrogen (secondary N) is 1. The summed E-state index contributed by atoms with van der Waals surface area (Å²) in [5, 5.41) is 0. The minimum atomic E-state index is -0.178. The molecule has 1 unspecified atom stereocenters. The summed E-state index contributed by atoms with van der Waals surface area (Å²) in [4.78, 5) is 23.3. The van der Waals surface area contributed by atoms with Crippen LogP contribution in [0.5, 0.6) is 0 Å². The number of benzene rings is 1. The molecule has 5 nitrogen and oxygen atoms in total. The first kappa shape index (κ1) is 17.5. The van der Waals surface area contributed by atoms with Gasteiger partial charge in [-0.05, 0) is 58.1 Å². The van der Waals surface area contributed by atoms with Crippen LogP contribution in [0, 0.1) is 12.8 Å². The molecule has 2 aliphatic heterocycles. The van der Waals surface area contributed by atoms with Gasteiger partial charge >= 0.3 is 0 Å². The van der Waals surface area contributed by atoms with Gasteiger partial charge in [0.25, 0.3) is 0 Å². The molecule has 1 N–H and O–H groups in total. The average molecular weight is 355 g/mol. The zero-order chi connectivity index (χ0) is 18.3. The minimum Gasteiger partial charge on any atom is -0.376 e. The number of carbonyl (C=O) groups excluding carboxylic acids is 1. The highest BCUT2D eigenvalue weighted by Gasteiger charge is 2.36. The topological polar surface area (TPSA) is 58.2 Å². The van der Waals surface area contributed by atoms with Gasteiger partial charge in [-0.1, -0.05) is 12.1 Å². The molecule has 1 aromatic carbocycles. The number of fused-ring (bicyclic) bond motifs is 1. The molecule has 1 aromatic heterocycles. The molecule has 2 fully saturated rings. The molecule has 1 atom stereocenters. The van der Waals surface area contributed by atoms with Crippen molar-refractivity contribution in [1.82, 2.24) is 14.9 Å². The highest BCUT2D eigenvalue weighted by Crippen LogP contribution is 2.33. The average Bonchev–Trinajstić information content (AvgIpc) is 3.06. The molecule has 26 heavy (non-hydrogen) atoms. The Morgan fingerprint density at radius 2 is 2.04 bits per heavy atom. The lowest BCUT2D eigenvalue weighted by atomic mass is 9.86. The number of rotatable bonds is 2. The molecule has 1 amide bonds. The highest BCUT2D eigenvalue weighted by molar-refractivity contribution is 5.79. The number of likely N-dealkylation sites (tertiary alicyclic amines) is 1. The van der Waals surface area contributed by atoms with Crippen LogP contribution in [0.25, 0.3) is 11.0 Å². The van der Waals surface area contributed by atoms with Gasteiger partial charge in [0, 0.05) is 31.5 Å². The summed E-state index contributed by atoms with van der Waals surface area (Å²) < 4.78 is 5.76. The fourth-order valence-corrected chi connectivity index (χ4v) is 4.46. The summed E-state index contributed by atoms with van der Waals surface area (Å²) in [7, 11) is 0. The number of para-hydroxylation sites is 1. The lowest BCUT2D eigenvalue weighted by Crippen LogP contribution is -2.46. The predicted molar refractivity (Wildman–Crippen MR) is 102 cm³/mol. The van der Waals surface area contributed by atoms with Crippen LogP contribution in [0.1, 0.15) is 56.8 Å². The summed E-state index contributed by atoms with van der Waals surface area (Å²) in [6.45, 7) is 8.63. The van der Waals surface area contributed by atoms with Gasteiger partial charge in [0.1, 0.15) is 5.82 Å². The number of piperidine rings is 1. The second kappa shape index (κ2) is 6.69. The number of nitrogens with zero attached hydrogens (tertiary/aromatic N) is 2. The van der Waals surface area contributed by atoms with Gasteiger partial charge in [0.15, 0.2) is 0 Å². The number of hydrogen-bond acceptors (Lipinski definition) is 3. The normalized spacial score (nSPS) is 24.1. The van der Waals surface area contributed by atoms with Gasteiger partial charge < -0.3 is 14.6 Å². The maximum atomic E-state index is 12.9. The Balaban J connectivity index is 1.40. The van der Waals surface area contributed by atoms with Crippen molar-refractivity contribution in [2.75, 3.05) is 19.7 Å². The number of aromatic nitrogens is 2. The smallest absolute Gasteiger partial charge is 0.225 e. The molecule has 3 heterocycles. The molecule has 0 bridgehead atoms. The van der Waals surface area contributed by atoms with E-state index in [1.165, 1.54) is 5.56 Å². The van der Waals surface area contributed by atoms with Gasteiger partial charge in [-0.2, -0.15) is 0 Å². The Bertz CT molecular complexity index is 803. The highest BCUT2D eigenvalue weighted by atomic mass is 16.5. The van der Waals surface area contributed by atoms with E-state index in [2.05, 4.69) is 48.9 Å². The Kier molecular flexibility index (Phi) is 4.51. The van der Waals surface area contributed by atoms with Crippen molar-refractivity contribution in [3.63, 3.8) is 0 Å². The largest absolute Gasteiger partial charge is 0.376 e. The third-order valence-corrected chi connectivity index (χ3v) is 5.97. The van der Waals surface area contributed by atoms with Crippen LogP contribution in [-0.4, -0.2) is 46.1 Å². The van der Waals surface area contributed by atoms with E-state index in [4.69, 9.17) is 9.72 Å². The molecular formula is C21H29N3O2. The van der Waals surface area contributed by atoms with Crippen LogP contribution in [0.4, 0.5) is 0 Å². The van der Waals surface area contributed by atoms with E-state index in [-0.39, 0.29) is 11.5 Å². The Hall–Kier alpha value is -1.88. The van der Waals surface area contributed by atoms with Crippen LogP contribution in [-0.2, 0) is 9.53 Å². The molecule has 5 heteroatoms. The van der Waals surface area contributed by atoms with Crippen LogP contribution >= 0.6 is 0 Å². The lowest BCUT2D eigenvalue weighted by molar-refractivity contribution is -0.146. The first-order valence-corrected chi connectivity index (χ1v) is 9.81. The van der Waals surface area contributed by atoms with E-state index in [0.29, 0.717) is 18.4 Å². The molecule has 0 aliphatic carbocycles. The quantitative estimate of drug-likeness (QED) is 0.892. The van der Waals surface area contributed by atoms with Crippen molar-refractivity contribution < 1.29 is 9.53 Å². The number of amides is 1. The maximum Gasteiger partial charge on any atom is 0.225 e. The number of carbonyl (C=O) groups is 1. The summed E-state index contributed by atoms with van der Waals surface area (Å²) in [6.07, 6.45) is 3.65. The van der Waals surface area contributed by atoms with Gasteiger partial charge in [0.2, 0.25) is 5.91 Å². The standard InChI is InChI=1S/C21H29N3O2/c1-14-5-4-6-17-18(14)23-19(22-17)15-7-10-24(11-8-15)20(25)16-9-12-26-21(2,3)13-16/h4-6,15-16H,7-13H2,1-3H3,(H,22,23). The third kappa shape index (κ3) is 3.37.